The predicted octanol–water partition coefficient (Wildman–Crippen LogP) is 0.652. The highest BCUT2D eigenvalue weighted by atomic mass is 32.2. The molecule has 3 N–H and O–H groups in total. The van der Waals surface area contributed by atoms with E-state index in [4.69, 9.17) is 0 Å². The van der Waals surface area contributed by atoms with Crippen LogP contribution in [0.15, 0.2) is 53.7 Å². The summed E-state index contributed by atoms with van der Waals surface area (Å²) in [6.45, 7) is 1.84. The van der Waals surface area contributed by atoms with Crippen molar-refractivity contribution < 1.29 is 13.2 Å². The van der Waals surface area contributed by atoms with Crippen molar-refractivity contribution in [3.8, 4) is 0 Å². The van der Waals surface area contributed by atoms with E-state index in [0.29, 0.717) is 5.56 Å². The summed E-state index contributed by atoms with van der Waals surface area (Å²) in [5, 5.41) is 6.11. The molecule has 0 aliphatic carbocycles. The Morgan fingerprint density at radius 2 is 1.88 bits per heavy atom. The van der Waals surface area contributed by atoms with Crippen molar-refractivity contribution in [3.05, 3.63) is 59.9 Å². The van der Waals surface area contributed by atoms with E-state index in [-0.39, 0.29) is 23.4 Å². The largest absolute Gasteiger partial charge is 0.348 e. The lowest BCUT2D eigenvalue weighted by Gasteiger charge is -2.12. The number of carbonyl (C=O) groups is 1. The third-order valence-corrected chi connectivity index (χ3v) is 5.46. The van der Waals surface area contributed by atoms with E-state index in [1.54, 1.807) is 24.5 Å². The van der Waals surface area contributed by atoms with Crippen molar-refractivity contribution in [2.45, 2.75) is 23.9 Å². The number of pyridine rings is 1. The number of carbonyl (C=O) groups excluding carboxylic acids is 1. The molecule has 1 saturated heterocycles. The zero-order chi connectivity index (χ0) is 17.7. The SMILES string of the molecule is O=C(N[C@@H]1CCNC1)c1ccc(S(=O)(=O)NCc2ccncc2)cc1. The van der Waals surface area contributed by atoms with Crippen LogP contribution in [0, 0.1) is 0 Å². The summed E-state index contributed by atoms with van der Waals surface area (Å²) in [5.74, 6) is -0.192. The van der Waals surface area contributed by atoms with Crippen molar-refractivity contribution in [1.82, 2.24) is 20.3 Å². The van der Waals surface area contributed by atoms with Gasteiger partial charge < -0.3 is 10.6 Å². The molecule has 2 heterocycles. The highest BCUT2D eigenvalue weighted by Gasteiger charge is 2.19. The molecule has 3 rings (SSSR count). The Morgan fingerprint density at radius 3 is 2.52 bits per heavy atom. The molecule has 1 amide bonds. The van der Waals surface area contributed by atoms with E-state index in [1.807, 2.05) is 0 Å². The first-order valence-corrected chi connectivity index (χ1v) is 9.53. The second-order valence-corrected chi connectivity index (χ2v) is 7.63. The number of amides is 1. The van der Waals surface area contributed by atoms with Gasteiger partial charge in [0.15, 0.2) is 0 Å². The molecular formula is C17H20N4O3S. The lowest BCUT2D eigenvalue weighted by molar-refractivity contribution is 0.0940. The van der Waals surface area contributed by atoms with E-state index in [1.165, 1.54) is 24.3 Å². The van der Waals surface area contributed by atoms with Crippen LogP contribution in [0.25, 0.3) is 0 Å². The fourth-order valence-corrected chi connectivity index (χ4v) is 3.61. The molecule has 0 saturated carbocycles. The van der Waals surface area contributed by atoms with Gasteiger partial charge in [-0.1, -0.05) is 0 Å². The molecule has 1 fully saturated rings. The molecule has 7 nitrogen and oxygen atoms in total. The van der Waals surface area contributed by atoms with Crippen molar-refractivity contribution in [2.75, 3.05) is 13.1 Å². The Hall–Kier alpha value is -2.29. The van der Waals surface area contributed by atoms with Gasteiger partial charge in [0.25, 0.3) is 5.91 Å². The van der Waals surface area contributed by atoms with Crippen LogP contribution in [0.3, 0.4) is 0 Å². The molecular weight excluding hydrogens is 340 g/mol. The lowest BCUT2D eigenvalue weighted by atomic mass is 10.2. The number of hydrogen-bond acceptors (Lipinski definition) is 5. The zero-order valence-electron chi connectivity index (χ0n) is 13.6. The van der Waals surface area contributed by atoms with Crippen LogP contribution in [0.4, 0.5) is 0 Å². The zero-order valence-corrected chi connectivity index (χ0v) is 14.4. The Labute approximate surface area is 146 Å². The van der Waals surface area contributed by atoms with Crippen LogP contribution in [-0.2, 0) is 16.6 Å². The molecule has 1 aliphatic heterocycles. The molecule has 0 unspecified atom stereocenters. The molecule has 132 valence electrons. The topological polar surface area (TPSA) is 100 Å². The smallest absolute Gasteiger partial charge is 0.251 e. The fourth-order valence-electron chi connectivity index (χ4n) is 2.59. The maximum atomic E-state index is 12.3. The first-order valence-electron chi connectivity index (χ1n) is 8.05. The molecule has 1 aliphatic rings. The number of sulfonamides is 1. The maximum absolute atomic E-state index is 12.3. The number of aromatic nitrogens is 1. The Morgan fingerprint density at radius 1 is 1.16 bits per heavy atom. The Bertz CT molecular complexity index is 817. The lowest BCUT2D eigenvalue weighted by Crippen LogP contribution is -2.36. The van der Waals surface area contributed by atoms with Gasteiger partial charge in [-0.25, -0.2) is 13.1 Å². The number of rotatable bonds is 6. The average molecular weight is 360 g/mol. The Balaban J connectivity index is 1.63. The minimum absolute atomic E-state index is 0.123. The van der Waals surface area contributed by atoms with Gasteiger partial charge >= 0.3 is 0 Å². The van der Waals surface area contributed by atoms with Crippen LogP contribution in [0.1, 0.15) is 22.3 Å². The normalized spacial score (nSPS) is 17.4. The van der Waals surface area contributed by atoms with Crippen molar-refractivity contribution >= 4 is 15.9 Å². The minimum atomic E-state index is -3.64. The maximum Gasteiger partial charge on any atom is 0.251 e. The molecule has 0 radical (unpaired) electrons. The Kier molecular flexibility index (Phi) is 5.42. The summed E-state index contributed by atoms with van der Waals surface area (Å²) in [6, 6.07) is 9.55. The van der Waals surface area contributed by atoms with Crippen LogP contribution in [-0.4, -0.2) is 38.4 Å². The summed E-state index contributed by atoms with van der Waals surface area (Å²) in [4.78, 5) is 16.2. The minimum Gasteiger partial charge on any atom is -0.348 e. The second kappa shape index (κ2) is 7.73. The van der Waals surface area contributed by atoms with Crippen LogP contribution < -0.4 is 15.4 Å². The molecule has 1 aromatic carbocycles. The highest BCUT2D eigenvalue weighted by molar-refractivity contribution is 7.89. The van der Waals surface area contributed by atoms with Gasteiger partial charge in [-0.3, -0.25) is 9.78 Å². The molecule has 2 aromatic rings. The standard InChI is InChI=1S/C17H20N4O3S/c22-17(21-15-7-10-19-12-15)14-1-3-16(4-2-14)25(23,24)20-11-13-5-8-18-9-6-13/h1-6,8-9,15,19-20H,7,10-12H2,(H,21,22)/t15-/m1/s1. The van der Waals surface area contributed by atoms with E-state index < -0.39 is 10.0 Å². The molecule has 1 atom stereocenters. The highest BCUT2D eigenvalue weighted by Crippen LogP contribution is 2.12. The van der Waals surface area contributed by atoms with Gasteiger partial charge in [-0.2, -0.15) is 0 Å². The average Bonchev–Trinajstić information content (AvgIpc) is 3.14. The predicted molar refractivity (Wildman–Crippen MR) is 93.4 cm³/mol. The quantitative estimate of drug-likeness (QED) is 0.702. The van der Waals surface area contributed by atoms with Gasteiger partial charge in [0.2, 0.25) is 10.0 Å². The van der Waals surface area contributed by atoms with E-state index in [9.17, 15) is 13.2 Å². The summed E-state index contributed by atoms with van der Waals surface area (Å²) in [7, 11) is -3.64. The second-order valence-electron chi connectivity index (χ2n) is 5.87. The van der Waals surface area contributed by atoms with Gasteiger partial charge in [-0.05, 0) is 54.9 Å². The summed E-state index contributed by atoms with van der Waals surface area (Å²) >= 11 is 0. The monoisotopic (exact) mass is 360 g/mol. The fraction of sp³-hybridized carbons (Fsp3) is 0.294. The molecule has 0 bridgehead atoms. The van der Waals surface area contributed by atoms with Crippen LogP contribution in [0.2, 0.25) is 0 Å². The number of nitrogens with one attached hydrogen (secondary N) is 3. The molecule has 8 heteroatoms. The van der Waals surface area contributed by atoms with Gasteiger partial charge in [-0.15, -0.1) is 0 Å². The number of benzene rings is 1. The van der Waals surface area contributed by atoms with Crippen LogP contribution >= 0.6 is 0 Å². The molecule has 25 heavy (non-hydrogen) atoms. The third kappa shape index (κ3) is 4.62. The van der Waals surface area contributed by atoms with Gasteiger partial charge in [0.05, 0.1) is 4.90 Å². The first-order chi connectivity index (χ1) is 12.0. The van der Waals surface area contributed by atoms with E-state index in [2.05, 4.69) is 20.3 Å². The van der Waals surface area contributed by atoms with Gasteiger partial charge in [0, 0.05) is 37.1 Å². The summed E-state index contributed by atoms with van der Waals surface area (Å²) in [6.07, 6.45) is 4.12. The van der Waals surface area contributed by atoms with Crippen LogP contribution in [0.5, 0.6) is 0 Å². The third-order valence-electron chi connectivity index (χ3n) is 4.04. The molecule has 0 spiro atoms. The van der Waals surface area contributed by atoms with Gasteiger partial charge in [0.1, 0.15) is 0 Å². The first kappa shape index (κ1) is 17.5. The van der Waals surface area contributed by atoms with E-state index >= 15 is 0 Å². The number of hydrogen-bond donors (Lipinski definition) is 3. The summed E-state index contributed by atoms with van der Waals surface area (Å²) < 4.78 is 27.2. The summed E-state index contributed by atoms with van der Waals surface area (Å²) in [5.41, 5.74) is 1.26. The van der Waals surface area contributed by atoms with Crippen molar-refractivity contribution in [3.63, 3.8) is 0 Å². The van der Waals surface area contributed by atoms with E-state index in [0.717, 1.165) is 25.1 Å². The number of nitrogens with zero attached hydrogens (tertiary/aromatic N) is 1. The van der Waals surface area contributed by atoms with Crippen molar-refractivity contribution in [2.24, 2.45) is 0 Å². The molecule has 1 aromatic heterocycles. The van der Waals surface area contributed by atoms with Crippen molar-refractivity contribution in [1.29, 1.82) is 0 Å².